The quantitative estimate of drug-likeness (QED) is 0.222. The minimum absolute atomic E-state index is 0.0767. The van der Waals surface area contributed by atoms with Gasteiger partial charge in [0.15, 0.2) is 0 Å². The first-order valence-corrected chi connectivity index (χ1v) is 11.9. The molecule has 1 saturated heterocycles. The number of rotatable bonds is 17. The summed E-state index contributed by atoms with van der Waals surface area (Å²) in [5.74, 6) is -2.13. The van der Waals surface area contributed by atoms with Gasteiger partial charge in [-0.05, 0) is 18.6 Å². The van der Waals surface area contributed by atoms with Crippen molar-refractivity contribution in [2.24, 2.45) is 0 Å². The van der Waals surface area contributed by atoms with Crippen molar-refractivity contribution in [3.63, 3.8) is 0 Å². The number of anilines is 1. The molecule has 0 saturated carbocycles. The van der Waals surface area contributed by atoms with Gasteiger partial charge in [-0.3, -0.25) is 29.4 Å². The van der Waals surface area contributed by atoms with Crippen LogP contribution in [0.1, 0.15) is 33.6 Å². The number of nitrogens with one attached hydrogen (secondary N) is 2. The summed E-state index contributed by atoms with van der Waals surface area (Å²) in [5, 5.41) is 5.31. The predicted octanol–water partition coefficient (Wildman–Crippen LogP) is 0.213. The van der Waals surface area contributed by atoms with Gasteiger partial charge in [-0.15, -0.1) is 0 Å². The highest BCUT2D eigenvalue weighted by molar-refractivity contribution is 6.25. The van der Waals surface area contributed by atoms with Crippen molar-refractivity contribution in [2.75, 3.05) is 78.4 Å². The van der Waals surface area contributed by atoms with E-state index >= 15 is 0 Å². The third-order valence-electron chi connectivity index (χ3n) is 5.58. The molecule has 0 spiro atoms. The Morgan fingerprint density at radius 2 is 1.47 bits per heavy atom. The van der Waals surface area contributed by atoms with E-state index in [4.69, 9.17) is 23.7 Å². The summed E-state index contributed by atoms with van der Waals surface area (Å²) < 4.78 is 26.5. The van der Waals surface area contributed by atoms with E-state index in [-0.39, 0.29) is 24.0 Å². The molecule has 1 fully saturated rings. The molecule has 2 aliphatic heterocycles. The SMILES string of the molecule is COCCOCCOCCOCCOCCNc1cccc2c1C(=O)N(C1CCC(=O)NC1=O)C2=O. The van der Waals surface area contributed by atoms with Crippen LogP contribution >= 0.6 is 0 Å². The smallest absolute Gasteiger partial charge is 0.264 e. The first-order chi connectivity index (χ1) is 17.5. The number of carbonyl (C=O) groups is 4. The number of fused-ring (bicyclic) bond motifs is 1. The van der Waals surface area contributed by atoms with Crippen LogP contribution in [0, 0.1) is 0 Å². The molecule has 0 radical (unpaired) electrons. The van der Waals surface area contributed by atoms with Crippen molar-refractivity contribution in [3.8, 4) is 0 Å². The molecule has 36 heavy (non-hydrogen) atoms. The molecule has 3 rings (SSSR count). The van der Waals surface area contributed by atoms with Crippen LogP contribution in [0.2, 0.25) is 0 Å². The Morgan fingerprint density at radius 1 is 0.861 bits per heavy atom. The molecule has 2 N–H and O–H groups in total. The van der Waals surface area contributed by atoms with Gasteiger partial charge in [0.2, 0.25) is 11.8 Å². The topological polar surface area (TPSA) is 142 Å². The van der Waals surface area contributed by atoms with Gasteiger partial charge in [-0.2, -0.15) is 0 Å². The van der Waals surface area contributed by atoms with Crippen LogP contribution < -0.4 is 10.6 Å². The molecule has 1 unspecified atom stereocenters. The fraction of sp³-hybridized carbons (Fsp3) is 0.583. The molecule has 4 amide bonds. The fourth-order valence-corrected chi connectivity index (χ4v) is 3.82. The molecule has 2 heterocycles. The van der Waals surface area contributed by atoms with E-state index in [1.807, 2.05) is 0 Å². The normalized spacial score (nSPS) is 17.5. The lowest BCUT2D eigenvalue weighted by Gasteiger charge is -2.27. The summed E-state index contributed by atoms with van der Waals surface area (Å²) in [4.78, 5) is 50.5. The van der Waals surface area contributed by atoms with Crippen LogP contribution in [0.25, 0.3) is 0 Å². The Balaban J connectivity index is 1.32. The number of ether oxygens (including phenoxy) is 5. The van der Waals surface area contributed by atoms with Gasteiger partial charge < -0.3 is 29.0 Å². The number of nitrogens with zero attached hydrogens (tertiary/aromatic N) is 1. The number of benzene rings is 1. The molecular weight excluding hydrogens is 474 g/mol. The zero-order valence-electron chi connectivity index (χ0n) is 20.4. The second-order valence-corrected chi connectivity index (χ2v) is 8.04. The van der Waals surface area contributed by atoms with Crippen molar-refractivity contribution in [1.29, 1.82) is 0 Å². The van der Waals surface area contributed by atoms with Crippen molar-refractivity contribution >= 4 is 29.3 Å². The lowest BCUT2D eigenvalue weighted by molar-refractivity contribution is -0.136. The van der Waals surface area contributed by atoms with E-state index in [0.29, 0.717) is 71.7 Å². The van der Waals surface area contributed by atoms with Crippen LogP contribution in [-0.2, 0) is 33.3 Å². The van der Waals surface area contributed by atoms with Gasteiger partial charge >= 0.3 is 0 Å². The molecule has 12 nitrogen and oxygen atoms in total. The van der Waals surface area contributed by atoms with Gasteiger partial charge in [0.05, 0.1) is 70.6 Å². The standard InChI is InChI=1S/C24H33N3O9/c1-32-9-10-34-13-14-36-16-15-35-12-11-33-8-7-25-18-4-2-3-17-21(18)24(31)27(23(17)30)19-5-6-20(28)26-22(19)29/h2-4,19,25H,5-16H2,1H3,(H,26,28,29). The Morgan fingerprint density at radius 3 is 2.08 bits per heavy atom. The van der Waals surface area contributed by atoms with E-state index in [0.717, 1.165) is 4.90 Å². The van der Waals surface area contributed by atoms with Crippen molar-refractivity contribution < 1.29 is 42.9 Å². The largest absolute Gasteiger partial charge is 0.382 e. The molecule has 198 valence electrons. The summed E-state index contributed by atoms with van der Waals surface area (Å²) in [7, 11) is 1.62. The number of imide groups is 2. The molecular formula is C24H33N3O9. The van der Waals surface area contributed by atoms with E-state index in [1.54, 1.807) is 25.3 Å². The average molecular weight is 508 g/mol. The number of piperidine rings is 1. The van der Waals surface area contributed by atoms with E-state index in [2.05, 4.69) is 10.6 Å². The Kier molecular flexibility index (Phi) is 11.2. The summed E-state index contributed by atoms with van der Waals surface area (Å²) >= 11 is 0. The highest BCUT2D eigenvalue weighted by Gasteiger charge is 2.45. The summed E-state index contributed by atoms with van der Waals surface area (Å²) in [5.41, 5.74) is 0.941. The lowest BCUT2D eigenvalue weighted by atomic mass is 10.0. The first-order valence-electron chi connectivity index (χ1n) is 11.9. The Hall–Kier alpha value is -2.90. The zero-order chi connectivity index (χ0) is 25.8. The van der Waals surface area contributed by atoms with Crippen molar-refractivity contribution in [2.45, 2.75) is 18.9 Å². The van der Waals surface area contributed by atoms with Gasteiger partial charge in [-0.1, -0.05) is 6.07 Å². The number of carbonyl (C=O) groups excluding carboxylic acids is 4. The maximum Gasteiger partial charge on any atom is 0.264 e. The predicted molar refractivity (Wildman–Crippen MR) is 127 cm³/mol. The van der Waals surface area contributed by atoms with Crippen LogP contribution in [0.4, 0.5) is 5.69 Å². The number of amides is 4. The van der Waals surface area contributed by atoms with Crippen LogP contribution in [0.15, 0.2) is 18.2 Å². The highest BCUT2D eigenvalue weighted by Crippen LogP contribution is 2.32. The first kappa shape index (κ1) is 27.7. The molecule has 0 aromatic heterocycles. The molecule has 2 aliphatic rings. The van der Waals surface area contributed by atoms with Gasteiger partial charge in [0.25, 0.3) is 11.8 Å². The second-order valence-electron chi connectivity index (χ2n) is 8.04. The van der Waals surface area contributed by atoms with Gasteiger partial charge in [0, 0.05) is 25.8 Å². The number of methoxy groups -OCH3 is 1. The van der Waals surface area contributed by atoms with E-state index < -0.39 is 29.7 Å². The van der Waals surface area contributed by atoms with E-state index in [9.17, 15) is 19.2 Å². The van der Waals surface area contributed by atoms with E-state index in [1.165, 1.54) is 0 Å². The maximum absolute atomic E-state index is 13.0. The molecule has 1 aromatic rings. The molecule has 0 bridgehead atoms. The third kappa shape index (κ3) is 7.55. The number of hydrogen-bond donors (Lipinski definition) is 2. The summed E-state index contributed by atoms with van der Waals surface area (Å²) in [6, 6.07) is 3.93. The Labute approximate surface area is 209 Å². The lowest BCUT2D eigenvalue weighted by Crippen LogP contribution is -2.54. The molecule has 1 aromatic carbocycles. The van der Waals surface area contributed by atoms with Crippen LogP contribution in [0.3, 0.4) is 0 Å². The zero-order valence-corrected chi connectivity index (χ0v) is 20.4. The van der Waals surface area contributed by atoms with Crippen LogP contribution in [0.5, 0.6) is 0 Å². The summed E-state index contributed by atoms with van der Waals surface area (Å²) in [6.45, 7) is 4.63. The Bertz CT molecular complexity index is 924. The van der Waals surface area contributed by atoms with Gasteiger partial charge in [-0.25, -0.2) is 0 Å². The highest BCUT2D eigenvalue weighted by atomic mass is 16.6. The maximum atomic E-state index is 13.0. The summed E-state index contributed by atoms with van der Waals surface area (Å²) in [6.07, 6.45) is 0.192. The minimum Gasteiger partial charge on any atom is -0.382 e. The van der Waals surface area contributed by atoms with Gasteiger partial charge in [0.1, 0.15) is 6.04 Å². The molecule has 1 atom stereocenters. The minimum atomic E-state index is -0.995. The van der Waals surface area contributed by atoms with Crippen LogP contribution in [-0.4, -0.2) is 108 Å². The van der Waals surface area contributed by atoms with Crippen molar-refractivity contribution in [1.82, 2.24) is 10.2 Å². The second kappa shape index (κ2) is 14.6. The average Bonchev–Trinajstić information content (AvgIpc) is 3.12. The number of hydrogen-bond acceptors (Lipinski definition) is 10. The molecule has 0 aliphatic carbocycles. The van der Waals surface area contributed by atoms with Crippen molar-refractivity contribution in [3.05, 3.63) is 29.3 Å². The molecule has 12 heteroatoms. The third-order valence-corrected chi connectivity index (χ3v) is 5.58. The monoisotopic (exact) mass is 507 g/mol. The fourth-order valence-electron chi connectivity index (χ4n) is 3.82.